The van der Waals surface area contributed by atoms with E-state index in [1.165, 1.54) is 0 Å². The van der Waals surface area contributed by atoms with Gasteiger partial charge in [0.25, 0.3) is 0 Å². The molecular formula is C14H8Cl2N4. The topological polar surface area (TPSA) is 67.6 Å². The Morgan fingerprint density at radius 2 is 1.95 bits per heavy atom. The van der Waals surface area contributed by atoms with Gasteiger partial charge >= 0.3 is 0 Å². The summed E-state index contributed by atoms with van der Waals surface area (Å²) in [7, 11) is 0. The van der Waals surface area contributed by atoms with Crippen LogP contribution in [0.5, 0.6) is 0 Å². The molecule has 3 rings (SSSR count). The summed E-state index contributed by atoms with van der Waals surface area (Å²) < 4.78 is 1.68. The predicted molar refractivity (Wildman–Crippen MR) is 80.2 cm³/mol. The lowest BCUT2D eigenvalue weighted by molar-refractivity contribution is 1.11. The van der Waals surface area contributed by atoms with E-state index in [2.05, 4.69) is 11.1 Å². The predicted octanol–water partition coefficient (Wildman–Crippen LogP) is 3.79. The Labute approximate surface area is 125 Å². The van der Waals surface area contributed by atoms with Crippen LogP contribution in [0, 0.1) is 11.3 Å². The van der Waals surface area contributed by atoms with Crippen LogP contribution in [0.25, 0.3) is 16.7 Å². The monoisotopic (exact) mass is 302 g/mol. The van der Waals surface area contributed by atoms with Crippen molar-refractivity contribution < 1.29 is 0 Å². The number of hydrogen-bond donors (Lipinski definition) is 1. The summed E-state index contributed by atoms with van der Waals surface area (Å²) in [5.74, 6) is 0.291. The first-order valence-electron chi connectivity index (χ1n) is 5.73. The van der Waals surface area contributed by atoms with Gasteiger partial charge in [-0.1, -0.05) is 23.2 Å². The second-order valence-electron chi connectivity index (χ2n) is 4.22. The van der Waals surface area contributed by atoms with Crippen LogP contribution >= 0.6 is 23.2 Å². The molecule has 0 aliphatic carbocycles. The van der Waals surface area contributed by atoms with Crippen molar-refractivity contribution >= 4 is 40.2 Å². The normalized spacial score (nSPS) is 10.7. The van der Waals surface area contributed by atoms with Crippen molar-refractivity contribution in [3.05, 3.63) is 52.0 Å². The zero-order chi connectivity index (χ0) is 14.3. The number of nitrogen functional groups attached to an aromatic ring is 1. The molecule has 4 nitrogen and oxygen atoms in total. The SMILES string of the molecule is N#Cc1ccc(Cl)c(-n2c(N)nc3ccc(Cl)cc32)c1. The first-order valence-corrected chi connectivity index (χ1v) is 6.49. The highest BCUT2D eigenvalue weighted by molar-refractivity contribution is 6.32. The maximum absolute atomic E-state index is 9.01. The maximum atomic E-state index is 9.01. The number of nitrogens with two attached hydrogens (primary N) is 1. The Bertz CT molecular complexity index is 861. The fourth-order valence-electron chi connectivity index (χ4n) is 2.07. The number of fused-ring (bicyclic) bond motifs is 1. The van der Waals surface area contributed by atoms with Gasteiger partial charge in [0.1, 0.15) is 0 Å². The molecule has 0 fully saturated rings. The van der Waals surface area contributed by atoms with E-state index in [9.17, 15) is 0 Å². The first-order chi connectivity index (χ1) is 9.60. The van der Waals surface area contributed by atoms with Crippen molar-refractivity contribution in [1.82, 2.24) is 9.55 Å². The highest BCUT2D eigenvalue weighted by Crippen LogP contribution is 2.30. The molecule has 0 saturated carbocycles. The minimum atomic E-state index is 0.291. The van der Waals surface area contributed by atoms with E-state index in [0.717, 1.165) is 5.52 Å². The minimum absolute atomic E-state index is 0.291. The molecule has 0 aliphatic heterocycles. The van der Waals surface area contributed by atoms with Crippen molar-refractivity contribution in [2.45, 2.75) is 0 Å². The van der Waals surface area contributed by atoms with Gasteiger partial charge in [-0.15, -0.1) is 0 Å². The second kappa shape index (κ2) is 4.71. The fraction of sp³-hybridized carbons (Fsp3) is 0. The molecule has 0 bridgehead atoms. The molecule has 0 amide bonds. The van der Waals surface area contributed by atoms with Crippen molar-refractivity contribution in [1.29, 1.82) is 5.26 Å². The summed E-state index contributed by atoms with van der Waals surface area (Å²) in [6.45, 7) is 0. The molecule has 20 heavy (non-hydrogen) atoms. The number of nitrogens with zero attached hydrogens (tertiary/aromatic N) is 3. The van der Waals surface area contributed by atoms with E-state index in [1.807, 2.05) is 0 Å². The highest BCUT2D eigenvalue weighted by atomic mass is 35.5. The van der Waals surface area contributed by atoms with Gasteiger partial charge in [0, 0.05) is 5.02 Å². The molecule has 2 aromatic carbocycles. The van der Waals surface area contributed by atoms with Gasteiger partial charge in [0.2, 0.25) is 5.95 Å². The smallest absolute Gasteiger partial charge is 0.205 e. The Morgan fingerprint density at radius 3 is 2.70 bits per heavy atom. The minimum Gasteiger partial charge on any atom is -0.369 e. The number of hydrogen-bond acceptors (Lipinski definition) is 3. The summed E-state index contributed by atoms with van der Waals surface area (Å²) in [5, 5.41) is 10.1. The largest absolute Gasteiger partial charge is 0.369 e. The number of halogens is 2. The third kappa shape index (κ3) is 1.97. The van der Waals surface area contributed by atoms with Gasteiger partial charge in [0.05, 0.1) is 33.4 Å². The van der Waals surface area contributed by atoms with Crippen molar-refractivity contribution in [2.24, 2.45) is 0 Å². The van der Waals surface area contributed by atoms with Gasteiger partial charge in [-0.2, -0.15) is 5.26 Å². The van der Waals surface area contributed by atoms with E-state index in [4.69, 9.17) is 34.2 Å². The van der Waals surface area contributed by atoms with Crippen LogP contribution in [0.15, 0.2) is 36.4 Å². The fourth-order valence-corrected chi connectivity index (χ4v) is 2.44. The van der Waals surface area contributed by atoms with E-state index in [0.29, 0.717) is 32.8 Å². The molecular weight excluding hydrogens is 295 g/mol. The molecule has 1 aromatic heterocycles. The van der Waals surface area contributed by atoms with Crippen LogP contribution in [0.4, 0.5) is 5.95 Å². The molecule has 1 heterocycles. The molecule has 0 atom stereocenters. The lowest BCUT2D eigenvalue weighted by atomic mass is 10.2. The standard InChI is InChI=1S/C14H8Cl2N4/c15-9-2-4-11-13(6-9)20(14(18)19-11)12-5-8(7-17)1-3-10(12)16/h1-6H,(H2,18,19). The zero-order valence-electron chi connectivity index (χ0n) is 10.1. The Kier molecular flexibility index (Phi) is 3.01. The van der Waals surface area contributed by atoms with E-state index in [-0.39, 0.29) is 0 Å². The molecule has 0 saturated heterocycles. The average molecular weight is 303 g/mol. The Morgan fingerprint density at radius 1 is 1.15 bits per heavy atom. The molecule has 6 heteroatoms. The molecule has 0 radical (unpaired) electrons. The quantitative estimate of drug-likeness (QED) is 0.743. The van der Waals surface area contributed by atoms with E-state index >= 15 is 0 Å². The second-order valence-corrected chi connectivity index (χ2v) is 5.06. The molecule has 0 unspecified atom stereocenters. The van der Waals surface area contributed by atoms with Crippen molar-refractivity contribution in [3.8, 4) is 11.8 Å². The van der Waals surface area contributed by atoms with Gasteiger partial charge in [0.15, 0.2) is 0 Å². The summed E-state index contributed by atoms with van der Waals surface area (Å²) in [6, 6.07) is 12.3. The molecule has 98 valence electrons. The third-order valence-electron chi connectivity index (χ3n) is 2.96. The van der Waals surface area contributed by atoms with Crippen LogP contribution in [-0.4, -0.2) is 9.55 Å². The summed E-state index contributed by atoms with van der Waals surface area (Å²) in [4.78, 5) is 4.27. The Hall–Kier alpha value is -2.22. The molecule has 2 N–H and O–H groups in total. The number of benzene rings is 2. The van der Waals surface area contributed by atoms with E-state index in [1.54, 1.807) is 41.0 Å². The van der Waals surface area contributed by atoms with Crippen molar-refractivity contribution in [2.75, 3.05) is 5.73 Å². The van der Waals surface area contributed by atoms with Crippen LogP contribution in [0.3, 0.4) is 0 Å². The summed E-state index contributed by atoms with van der Waals surface area (Å²) in [5.41, 5.74) is 8.52. The van der Waals surface area contributed by atoms with Crippen LogP contribution < -0.4 is 5.73 Å². The Balaban J connectivity index is 2.37. The first kappa shape index (κ1) is 12.8. The lowest BCUT2D eigenvalue weighted by Gasteiger charge is -2.09. The van der Waals surface area contributed by atoms with Crippen LogP contribution in [0.1, 0.15) is 5.56 Å². The van der Waals surface area contributed by atoms with Crippen LogP contribution in [0.2, 0.25) is 10.0 Å². The van der Waals surface area contributed by atoms with Gasteiger partial charge in [-0.3, -0.25) is 4.57 Å². The average Bonchev–Trinajstić information content (AvgIpc) is 2.75. The molecule has 3 aromatic rings. The van der Waals surface area contributed by atoms with Gasteiger partial charge in [-0.25, -0.2) is 4.98 Å². The zero-order valence-corrected chi connectivity index (χ0v) is 11.7. The number of anilines is 1. The van der Waals surface area contributed by atoms with Gasteiger partial charge in [-0.05, 0) is 36.4 Å². The maximum Gasteiger partial charge on any atom is 0.205 e. The summed E-state index contributed by atoms with van der Waals surface area (Å²) >= 11 is 12.2. The summed E-state index contributed by atoms with van der Waals surface area (Å²) in [6.07, 6.45) is 0. The highest BCUT2D eigenvalue weighted by Gasteiger charge is 2.13. The molecule has 0 aliphatic rings. The van der Waals surface area contributed by atoms with Crippen molar-refractivity contribution in [3.63, 3.8) is 0 Å². The number of rotatable bonds is 1. The number of nitriles is 1. The lowest BCUT2D eigenvalue weighted by Crippen LogP contribution is -2.01. The number of imidazole rings is 1. The number of aromatic nitrogens is 2. The van der Waals surface area contributed by atoms with Gasteiger partial charge < -0.3 is 5.73 Å². The third-order valence-corrected chi connectivity index (χ3v) is 3.51. The molecule has 0 spiro atoms. The van der Waals surface area contributed by atoms with E-state index < -0.39 is 0 Å². The van der Waals surface area contributed by atoms with Crippen LogP contribution in [-0.2, 0) is 0 Å².